The monoisotopic (exact) mass is 296 g/mol. The molecule has 1 aliphatic rings. The van der Waals surface area contributed by atoms with Crippen LogP contribution in [0.4, 0.5) is 0 Å². The molecule has 2 atom stereocenters. The fraction of sp³-hybridized carbons (Fsp3) is 0.263. The molecule has 1 N–H and O–H groups in total. The van der Waals surface area contributed by atoms with Gasteiger partial charge in [0.25, 0.3) is 0 Å². The van der Waals surface area contributed by atoms with Crippen molar-refractivity contribution in [1.82, 2.24) is 0 Å². The number of para-hydroxylation sites is 1. The molecule has 0 fully saturated rings. The zero-order chi connectivity index (χ0) is 15.5. The standard InChI is InChI=1S/C19H20O3/c1-13-18(15-9-6-10-17(21-2)19(15)22-13)16(20)12-11-14-7-4-3-5-8-14/h3-10,16,18,20H,1,11-12H2,2H3/t16-,18-/m1/s1. The van der Waals surface area contributed by atoms with Crippen molar-refractivity contribution in [3.05, 3.63) is 72.0 Å². The molecule has 0 radical (unpaired) electrons. The first-order valence-electron chi connectivity index (χ1n) is 7.46. The molecule has 0 spiro atoms. The van der Waals surface area contributed by atoms with Crippen LogP contribution in [0.5, 0.6) is 11.5 Å². The molecule has 0 amide bonds. The topological polar surface area (TPSA) is 38.7 Å². The lowest BCUT2D eigenvalue weighted by atomic mass is 9.90. The lowest BCUT2D eigenvalue weighted by Crippen LogP contribution is -2.19. The molecular formula is C19H20O3. The summed E-state index contributed by atoms with van der Waals surface area (Å²) in [4.78, 5) is 0. The third-order valence-corrected chi connectivity index (χ3v) is 4.10. The van der Waals surface area contributed by atoms with Crippen molar-refractivity contribution in [3.8, 4) is 11.5 Å². The minimum atomic E-state index is -0.527. The quantitative estimate of drug-likeness (QED) is 0.914. The zero-order valence-electron chi connectivity index (χ0n) is 12.7. The molecule has 0 bridgehead atoms. The molecule has 3 nitrogen and oxygen atoms in total. The van der Waals surface area contributed by atoms with E-state index in [1.165, 1.54) is 5.56 Å². The van der Waals surface area contributed by atoms with Gasteiger partial charge in [0, 0.05) is 5.56 Å². The number of methoxy groups -OCH3 is 1. The highest BCUT2D eigenvalue weighted by molar-refractivity contribution is 5.55. The van der Waals surface area contributed by atoms with Gasteiger partial charge in [-0.3, -0.25) is 0 Å². The van der Waals surface area contributed by atoms with Crippen LogP contribution < -0.4 is 9.47 Å². The third kappa shape index (κ3) is 2.72. The second-order valence-electron chi connectivity index (χ2n) is 5.52. The van der Waals surface area contributed by atoms with Gasteiger partial charge < -0.3 is 14.6 Å². The molecular weight excluding hydrogens is 276 g/mol. The summed E-state index contributed by atoms with van der Waals surface area (Å²) in [5, 5.41) is 10.6. The first-order valence-corrected chi connectivity index (χ1v) is 7.46. The van der Waals surface area contributed by atoms with Crippen LogP contribution >= 0.6 is 0 Å². The van der Waals surface area contributed by atoms with Gasteiger partial charge in [0.1, 0.15) is 5.76 Å². The minimum absolute atomic E-state index is 0.200. The Kier molecular flexibility index (Phi) is 4.16. The van der Waals surface area contributed by atoms with E-state index in [4.69, 9.17) is 9.47 Å². The van der Waals surface area contributed by atoms with E-state index in [1.54, 1.807) is 7.11 Å². The molecule has 114 valence electrons. The lowest BCUT2D eigenvalue weighted by Gasteiger charge is -2.18. The van der Waals surface area contributed by atoms with E-state index in [0.29, 0.717) is 23.7 Å². The van der Waals surface area contributed by atoms with Crippen molar-refractivity contribution < 1.29 is 14.6 Å². The Morgan fingerprint density at radius 1 is 1.18 bits per heavy atom. The fourth-order valence-corrected chi connectivity index (χ4v) is 2.96. The van der Waals surface area contributed by atoms with Gasteiger partial charge in [0.05, 0.1) is 19.1 Å². The summed E-state index contributed by atoms with van der Waals surface area (Å²) >= 11 is 0. The smallest absolute Gasteiger partial charge is 0.172 e. The highest BCUT2D eigenvalue weighted by Crippen LogP contribution is 2.47. The van der Waals surface area contributed by atoms with E-state index in [-0.39, 0.29) is 5.92 Å². The average molecular weight is 296 g/mol. The largest absolute Gasteiger partial charge is 0.493 e. The van der Waals surface area contributed by atoms with Crippen LogP contribution in [0.25, 0.3) is 0 Å². The van der Waals surface area contributed by atoms with Crippen molar-refractivity contribution in [2.24, 2.45) is 0 Å². The number of aliphatic hydroxyl groups excluding tert-OH is 1. The van der Waals surface area contributed by atoms with Crippen molar-refractivity contribution in [2.75, 3.05) is 7.11 Å². The molecule has 3 heteroatoms. The normalized spacial score (nSPS) is 17.7. The molecule has 3 rings (SSSR count). The number of benzene rings is 2. The Hall–Kier alpha value is -2.26. The molecule has 2 aromatic carbocycles. The molecule has 0 unspecified atom stereocenters. The van der Waals surface area contributed by atoms with Crippen LogP contribution in [-0.2, 0) is 6.42 Å². The molecule has 0 aliphatic carbocycles. The summed E-state index contributed by atoms with van der Waals surface area (Å²) in [6.45, 7) is 3.96. The highest BCUT2D eigenvalue weighted by atomic mass is 16.5. The summed E-state index contributed by atoms with van der Waals surface area (Å²) in [5.74, 6) is 1.74. The van der Waals surface area contributed by atoms with Crippen LogP contribution in [0.2, 0.25) is 0 Å². The summed E-state index contributed by atoms with van der Waals surface area (Å²) in [5.41, 5.74) is 2.17. The number of aliphatic hydroxyl groups is 1. The predicted molar refractivity (Wildman–Crippen MR) is 86.3 cm³/mol. The Labute approximate surface area is 130 Å². The number of aryl methyl sites for hydroxylation is 1. The second-order valence-corrected chi connectivity index (χ2v) is 5.52. The first kappa shape index (κ1) is 14.7. The molecule has 2 aromatic rings. The summed E-state index contributed by atoms with van der Waals surface area (Å²) < 4.78 is 11.1. The van der Waals surface area contributed by atoms with Crippen LogP contribution in [0.1, 0.15) is 23.5 Å². The maximum Gasteiger partial charge on any atom is 0.172 e. The number of hydrogen-bond acceptors (Lipinski definition) is 3. The van der Waals surface area contributed by atoms with Gasteiger partial charge >= 0.3 is 0 Å². The Morgan fingerprint density at radius 2 is 1.95 bits per heavy atom. The number of hydrogen-bond donors (Lipinski definition) is 1. The minimum Gasteiger partial charge on any atom is -0.493 e. The second kappa shape index (κ2) is 6.24. The molecule has 0 aromatic heterocycles. The van der Waals surface area contributed by atoms with Gasteiger partial charge in [-0.25, -0.2) is 0 Å². The van der Waals surface area contributed by atoms with E-state index in [1.807, 2.05) is 36.4 Å². The van der Waals surface area contributed by atoms with Crippen molar-refractivity contribution >= 4 is 0 Å². The molecule has 0 saturated heterocycles. The summed E-state index contributed by atoms with van der Waals surface area (Å²) in [6, 6.07) is 15.9. The first-order chi connectivity index (χ1) is 10.7. The fourth-order valence-electron chi connectivity index (χ4n) is 2.96. The lowest BCUT2D eigenvalue weighted by molar-refractivity contribution is 0.139. The number of fused-ring (bicyclic) bond motifs is 1. The van der Waals surface area contributed by atoms with Gasteiger partial charge in [0.2, 0.25) is 0 Å². The maximum absolute atomic E-state index is 10.6. The van der Waals surface area contributed by atoms with Crippen molar-refractivity contribution in [2.45, 2.75) is 24.9 Å². The van der Waals surface area contributed by atoms with Gasteiger partial charge in [0.15, 0.2) is 11.5 Å². The van der Waals surface area contributed by atoms with Crippen LogP contribution in [0.15, 0.2) is 60.9 Å². The van der Waals surface area contributed by atoms with Gasteiger partial charge in [-0.1, -0.05) is 49.0 Å². The van der Waals surface area contributed by atoms with Crippen LogP contribution in [0.3, 0.4) is 0 Å². The molecule has 0 saturated carbocycles. The Balaban J connectivity index is 1.76. The van der Waals surface area contributed by atoms with Crippen molar-refractivity contribution in [1.29, 1.82) is 0 Å². The van der Waals surface area contributed by atoms with E-state index in [2.05, 4.69) is 18.7 Å². The summed E-state index contributed by atoms with van der Waals surface area (Å²) in [7, 11) is 1.61. The van der Waals surface area contributed by atoms with Crippen LogP contribution in [0, 0.1) is 0 Å². The van der Waals surface area contributed by atoms with Gasteiger partial charge in [-0.15, -0.1) is 0 Å². The molecule has 1 heterocycles. The zero-order valence-corrected chi connectivity index (χ0v) is 12.7. The van der Waals surface area contributed by atoms with Gasteiger partial charge in [-0.2, -0.15) is 0 Å². The van der Waals surface area contributed by atoms with E-state index < -0.39 is 6.10 Å². The Morgan fingerprint density at radius 3 is 2.68 bits per heavy atom. The van der Waals surface area contributed by atoms with E-state index >= 15 is 0 Å². The molecule has 1 aliphatic heterocycles. The van der Waals surface area contributed by atoms with Crippen molar-refractivity contribution in [3.63, 3.8) is 0 Å². The van der Waals surface area contributed by atoms with E-state index in [9.17, 15) is 5.11 Å². The summed E-state index contributed by atoms with van der Waals surface area (Å²) in [6.07, 6.45) is 0.958. The van der Waals surface area contributed by atoms with E-state index in [0.717, 1.165) is 12.0 Å². The SMILES string of the molecule is C=C1Oc2c(OC)cccc2[C@@H]1[C@H](O)CCc1ccccc1. The number of ether oxygens (including phenoxy) is 2. The van der Waals surface area contributed by atoms with Gasteiger partial charge in [-0.05, 0) is 24.5 Å². The van der Waals surface area contributed by atoms with Crippen LogP contribution in [-0.4, -0.2) is 18.3 Å². The Bertz CT molecular complexity index is 664. The third-order valence-electron chi connectivity index (χ3n) is 4.10. The number of rotatable bonds is 5. The average Bonchev–Trinajstić information content (AvgIpc) is 2.89. The maximum atomic E-state index is 10.6. The predicted octanol–water partition coefficient (Wildman–Crippen LogP) is 3.68. The highest BCUT2D eigenvalue weighted by Gasteiger charge is 2.35. The molecule has 22 heavy (non-hydrogen) atoms.